The Kier molecular flexibility index (Phi) is 3.26. The highest BCUT2D eigenvalue weighted by Crippen LogP contribution is 2.43. The fraction of sp³-hybridized carbons (Fsp3) is 0.400. The van der Waals surface area contributed by atoms with Crippen LogP contribution in [0.2, 0.25) is 0 Å². The summed E-state index contributed by atoms with van der Waals surface area (Å²) in [5, 5.41) is 7.01. The van der Waals surface area contributed by atoms with Crippen molar-refractivity contribution >= 4 is 23.2 Å². The lowest BCUT2D eigenvalue weighted by Crippen LogP contribution is -2.28. The molecule has 0 saturated heterocycles. The van der Waals surface area contributed by atoms with Gasteiger partial charge in [-0.15, -0.1) is 0 Å². The lowest BCUT2D eigenvalue weighted by molar-refractivity contribution is -0.122. The summed E-state index contributed by atoms with van der Waals surface area (Å²) in [6, 6.07) is 7.62. The van der Waals surface area contributed by atoms with Crippen molar-refractivity contribution in [2.24, 2.45) is 16.9 Å². The lowest BCUT2D eigenvalue weighted by Gasteiger charge is -2.12. The van der Waals surface area contributed by atoms with Gasteiger partial charge < -0.3 is 5.32 Å². The predicted octanol–water partition coefficient (Wildman–Crippen LogP) is 1.90. The first-order chi connectivity index (χ1) is 9.69. The topological polar surface area (TPSA) is 70.6 Å². The summed E-state index contributed by atoms with van der Waals surface area (Å²) in [6.07, 6.45) is 2.26. The fourth-order valence-corrected chi connectivity index (χ4v) is 2.52. The van der Waals surface area contributed by atoms with E-state index in [1.165, 1.54) is 0 Å². The molecule has 0 aromatic heterocycles. The third kappa shape index (κ3) is 2.43. The van der Waals surface area contributed by atoms with Gasteiger partial charge in [-0.25, -0.2) is 5.43 Å². The minimum atomic E-state index is 0.0298. The molecule has 1 aliphatic heterocycles. The first kappa shape index (κ1) is 12.8. The van der Waals surface area contributed by atoms with Crippen LogP contribution in [0.4, 0.5) is 5.69 Å². The van der Waals surface area contributed by atoms with Crippen LogP contribution in [-0.4, -0.2) is 17.5 Å². The molecule has 0 radical (unpaired) electrons. The minimum absolute atomic E-state index is 0.0298. The smallest absolute Gasteiger partial charge is 0.243 e. The number of fused-ring (bicyclic) bond motifs is 1. The van der Waals surface area contributed by atoms with Gasteiger partial charge in [0.15, 0.2) is 0 Å². The Morgan fingerprint density at radius 1 is 1.35 bits per heavy atom. The van der Waals surface area contributed by atoms with Crippen LogP contribution in [0.3, 0.4) is 0 Å². The Balaban J connectivity index is 1.71. The van der Waals surface area contributed by atoms with E-state index in [2.05, 4.69) is 15.8 Å². The Morgan fingerprint density at radius 2 is 2.10 bits per heavy atom. The first-order valence-corrected chi connectivity index (χ1v) is 6.96. The van der Waals surface area contributed by atoms with Gasteiger partial charge in [-0.2, -0.15) is 5.10 Å². The Morgan fingerprint density at radius 3 is 2.80 bits per heavy atom. The van der Waals surface area contributed by atoms with Crippen molar-refractivity contribution in [1.82, 2.24) is 5.43 Å². The molecule has 1 aromatic rings. The van der Waals surface area contributed by atoms with Crippen molar-refractivity contribution in [1.29, 1.82) is 0 Å². The summed E-state index contributed by atoms with van der Waals surface area (Å²) in [5.41, 5.74) is 5.31. The van der Waals surface area contributed by atoms with Crippen LogP contribution >= 0.6 is 0 Å². The third-order valence-corrected chi connectivity index (χ3v) is 3.71. The van der Waals surface area contributed by atoms with E-state index >= 15 is 0 Å². The van der Waals surface area contributed by atoms with Crippen LogP contribution in [0.25, 0.3) is 0 Å². The molecule has 3 rings (SSSR count). The zero-order valence-electron chi connectivity index (χ0n) is 11.3. The van der Waals surface area contributed by atoms with Crippen LogP contribution in [0, 0.1) is 11.8 Å². The van der Waals surface area contributed by atoms with E-state index in [1.807, 2.05) is 31.2 Å². The summed E-state index contributed by atoms with van der Waals surface area (Å²) in [5.74, 6) is 0.433. The molecular formula is C15H17N3O2. The molecule has 2 unspecified atom stereocenters. The van der Waals surface area contributed by atoms with Crippen molar-refractivity contribution in [3.8, 4) is 0 Å². The quantitative estimate of drug-likeness (QED) is 0.878. The second-order valence-corrected chi connectivity index (χ2v) is 5.30. The molecule has 20 heavy (non-hydrogen) atoms. The Bertz CT molecular complexity index is 577. The SMILES string of the molecule is CCCC(=O)Nc1ccc(C2=NNC(=O)C3CC23)cc1. The highest BCUT2D eigenvalue weighted by atomic mass is 16.2. The van der Waals surface area contributed by atoms with Gasteiger partial charge in [-0.05, 0) is 30.5 Å². The average molecular weight is 271 g/mol. The van der Waals surface area contributed by atoms with E-state index in [-0.39, 0.29) is 23.7 Å². The van der Waals surface area contributed by atoms with E-state index < -0.39 is 0 Å². The molecule has 1 heterocycles. The van der Waals surface area contributed by atoms with Crippen LogP contribution in [-0.2, 0) is 9.59 Å². The molecule has 2 N–H and O–H groups in total. The molecule has 0 spiro atoms. The van der Waals surface area contributed by atoms with Crippen LogP contribution in [0.15, 0.2) is 29.4 Å². The summed E-state index contributed by atoms with van der Waals surface area (Å²) in [4.78, 5) is 22.9. The summed E-state index contributed by atoms with van der Waals surface area (Å²) >= 11 is 0. The maximum Gasteiger partial charge on any atom is 0.243 e. The molecule has 1 aliphatic carbocycles. The summed E-state index contributed by atoms with van der Waals surface area (Å²) in [7, 11) is 0. The van der Waals surface area contributed by atoms with Crippen LogP contribution in [0.5, 0.6) is 0 Å². The van der Waals surface area contributed by atoms with Crippen molar-refractivity contribution in [3.05, 3.63) is 29.8 Å². The largest absolute Gasteiger partial charge is 0.326 e. The molecule has 5 nitrogen and oxygen atoms in total. The van der Waals surface area contributed by atoms with Gasteiger partial charge in [-0.1, -0.05) is 19.1 Å². The summed E-state index contributed by atoms with van der Waals surface area (Å²) in [6.45, 7) is 1.98. The number of hydrogen-bond donors (Lipinski definition) is 2. The zero-order valence-corrected chi connectivity index (χ0v) is 11.3. The lowest BCUT2D eigenvalue weighted by atomic mass is 10.0. The highest BCUT2D eigenvalue weighted by molar-refractivity contribution is 6.09. The average Bonchev–Trinajstić information content (AvgIpc) is 3.22. The van der Waals surface area contributed by atoms with Gasteiger partial charge in [0.2, 0.25) is 11.8 Å². The van der Waals surface area contributed by atoms with E-state index in [4.69, 9.17) is 0 Å². The molecule has 1 fully saturated rings. The molecule has 2 amide bonds. The molecule has 2 aliphatic rings. The number of rotatable bonds is 4. The number of nitrogens with zero attached hydrogens (tertiary/aromatic N) is 1. The van der Waals surface area contributed by atoms with Gasteiger partial charge in [0.05, 0.1) is 5.71 Å². The number of anilines is 1. The molecular weight excluding hydrogens is 254 g/mol. The van der Waals surface area contributed by atoms with E-state index in [0.717, 1.165) is 29.8 Å². The van der Waals surface area contributed by atoms with Crippen molar-refractivity contribution in [2.75, 3.05) is 5.32 Å². The van der Waals surface area contributed by atoms with Crippen LogP contribution < -0.4 is 10.7 Å². The molecule has 1 saturated carbocycles. The number of hydrogen-bond acceptors (Lipinski definition) is 3. The van der Waals surface area contributed by atoms with Gasteiger partial charge in [0.1, 0.15) is 0 Å². The predicted molar refractivity (Wildman–Crippen MR) is 76.3 cm³/mol. The minimum Gasteiger partial charge on any atom is -0.326 e. The van der Waals surface area contributed by atoms with Gasteiger partial charge >= 0.3 is 0 Å². The maximum absolute atomic E-state index is 11.5. The number of benzene rings is 1. The number of amides is 2. The number of hydrazone groups is 1. The maximum atomic E-state index is 11.5. The Labute approximate surface area is 117 Å². The van der Waals surface area contributed by atoms with Gasteiger partial charge in [0, 0.05) is 23.9 Å². The second-order valence-electron chi connectivity index (χ2n) is 5.30. The number of carbonyl (C=O) groups is 2. The van der Waals surface area contributed by atoms with E-state index in [1.54, 1.807) is 0 Å². The third-order valence-electron chi connectivity index (χ3n) is 3.71. The van der Waals surface area contributed by atoms with Gasteiger partial charge in [0.25, 0.3) is 0 Å². The Hall–Kier alpha value is -2.17. The van der Waals surface area contributed by atoms with Crippen molar-refractivity contribution in [3.63, 3.8) is 0 Å². The molecule has 0 bridgehead atoms. The number of carbonyl (C=O) groups excluding carboxylic acids is 2. The van der Waals surface area contributed by atoms with Gasteiger partial charge in [-0.3, -0.25) is 9.59 Å². The molecule has 2 atom stereocenters. The molecule has 1 aromatic carbocycles. The second kappa shape index (κ2) is 5.07. The molecule has 5 heteroatoms. The van der Waals surface area contributed by atoms with Crippen LogP contribution in [0.1, 0.15) is 31.7 Å². The standard InChI is InChI=1S/C15H17N3O2/c1-2-3-13(19)16-10-6-4-9(5-7-10)14-11-8-12(11)15(20)18-17-14/h4-7,11-12H,2-3,8H2,1H3,(H,16,19)(H,18,20). The van der Waals surface area contributed by atoms with Crippen molar-refractivity contribution < 1.29 is 9.59 Å². The van der Waals surface area contributed by atoms with Crippen molar-refractivity contribution in [2.45, 2.75) is 26.2 Å². The molecule has 104 valence electrons. The monoisotopic (exact) mass is 271 g/mol. The normalized spacial score (nSPS) is 23.4. The van der Waals surface area contributed by atoms with E-state index in [0.29, 0.717) is 6.42 Å². The summed E-state index contributed by atoms with van der Waals surface area (Å²) < 4.78 is 0. The number of nitrogens with one attached hydrogen (secondary N) is 2. The highest BCUT2D eigenvalue weighted by Gasteiger charge is 2.49. The zero-order chi connectivity index (χ0) is 14.1. The van der Waals surface area contributed by atoms with E-state index in [9.17, 15) is 9.59 Å². The fourth-order valence-electron chi connectivity index (χ4n) is 2.52. The first-order valence-electron chi connectivity index (χ1n) is 6.96.